The number of rotatable bonds is 5. The van der Waals surface area contributed by atoms with E-state index >= 15 is 0 Å². The summed E-state index contributed by atoms with van der Waals surface area (Å²) in [4.78, 5) is 17.4. The van der Waals surface area contributed by atoms with Crippen molar-refractivity contribution < 1.29 is 13.2 Å². The van der Waals surface area contributed by atoms with E-state index < -0.39 is 10.0 Å². The number of amides is 1. The molecule has 8 nitrogen and oxygen atoms in total. The predicted octanol–water partition coefficient (Wildman–Crippen LogP) is 3.13. The topological polar surface area (TPSA) is 108 Å². The highest BCUT2D eigenvalue weighted by Gasteiger charge is 2.32. The molecule has 9 heteroatoms. The molecule has 1 aromatic heterocycles. The lowest BCUT2D eigenvalue weighted by Crippen LogP contribution is -2.41. The Bertz CT molecular complexity index is 1180. The Labute approximate surface area is 181 Å². The van der Waals surface area contributed by atoms with E-state index in [1.807, 2.05) is 38.1 Å². The summed E-state index contributed by atoms with van der Waals surface area (Å²) < 4.78 is 27.2. The minimum absolute atomic E-state index is 0.101. The van der Waals surface area contributed by atoms with Gasteiger partial charge in [-0.25, -0.2) is 13.4 Å². The largest absolute Gasteiger partial charge is 0.326 e. The van der Waals surface area contributed by atoms with Crippen molar-refractivity contribution in [2.75, 3.05) is 18.4 Å². The fraction of sp³-hybridized carbons (Fsp3) is 0.318. The number of hydrogen-bond acceptors (Lipinski definition) is 5. The number of nitrogens with one attached hydrogen (secondary N) is 2. The number of sulfonamides is 1. The van der Waals surface area contributed by atoms with E-state index in [1.165, 1.54) is 4.31 Å². The van der Waals surface area contributed by atoms with Crippen LogP contribution in [0.4, 0.5) is 5.69 Å². The Hall–Kier alpha value is -3.04. The number of H-pyrrole nitrogens is 1. The smallest absolute Gasteiger partial charge is 0.243 e. The Morgan fingerprint density at radius 2 is 1.81 bits per heavy atom. The van der Waals surface area contributed by atoms with Gasteiger partial charge in [-0.05, 0) is 51.0 Å². The zero-order valence-corrected chi connectivity index (χ0v) is 18.3. The summed E-state index contributed by atoms with van der Waals surface area (Å²) in [5.41, 5.74) is 2.48. The Balaban J connectivity index is 1.38. The monoisotopic (exact) mass is 439 g/mol. The van der Waals surface area contributed by atoms with Crippen LogP contribution in [0.3, 0.4) is 0 Å². The average molecular weight is 440 g/mol. The summed E-state index contributed by atoms with van der Waals surface area (Å²) in [5.74, 6) is 0.953. The van der Waals surface area contributed by atoms with Crippen molar-refractivity contribution in [2.24, 2.45) is 5.92 Å². The number of nitrogens with zero attached hydrogens (tertiary/aromatic N) is 3. The van der Waals surface area contributed by atoms with Crippen LogP contribution in [-0.4, -0.2) is 46.9 Å². The molecule has 2 N–H and O–H groups in total. The van der Waals surface area contributed by atoms with E-state index in [-0.39, 0.29) is 11.8 Å². The minimum atomic E-state index is -3.54. The molecule has 2 aromatic carbocycles. The van der Waals surface area contributed by atoms with Gasteiger partial charge in [-0.3, -0.25) is 9.89 Å². The molecule has 0 saturated carbocycles. The van der Waals surface area contributed by atoms with Crippen LogP contribution in [0.5, 0.6) is 0 Å². The standard InChI is InChI=1S/C22H25N5O3S/c1-15-6-8-20(9-7-15)31(29,30)27-12-10-17(11-13-27)22(28)24-19-5-3-4-18(14-19)21-23-16(2)25-26-21/h3-9,14,17H,10-13H2,1-2H3,(H,24,28)(H,23,25,26). The minimum Gasteiger partial charge on any atom is -0.326 e. The maximum atomic E-state index is 12.9. The molecular formula is C22H25N5O3S. The molecule has 0 bridgehead atoms. The average Bonchev–Trinajstić information content (AvgIpc) is 3.21. The molecule has 1 aliphatic heterocycles. The molecule has 0 atom stereocenters. The van der Waals surface area contributed by atoms with Crippen LogP contribution >= 0.6 is 0 Å². The van der Waals surface area contributed by atoms with Gasteiger partial charge in [-0.1, -0.05) is 29.8 Å². The molecular weight excluding hydrogens is 414 g/mol. The molecule has 1 amide bonds. The molecule has 2 heterocycles. The van der Waals surface area contributed by atoms with Gasteiger partial charge in [-0.15, -0.1) is 0 Å². The van der Waals surface area contributed by atoms with E-state index in [2.05, 4.69) is 20.5 Å². The van der Waals surface area contributed by atoms with E-state index in [9.17, 15) is 13.2 Å². The van der Waals surface area contributed by atoms with Gasteiger partial charge in [0.25, 0.3) is 0 Å². The SMILES string of the molecule is Cc1ccc(S(=O)(=O)N2CCC(C(=O)Nc3cccc(-c4n[nH]c(C)n4)c3)CC2)cc1. The normalized spacial score (nSPS) is 15.7. The van der Waals surface area contributed by atoms with Crippen molar-refractivity contribution in [3.05, 3.63) is 59.9 Å². The number of hydrogen-bond donors (Lipinski definition) is 2. The highest BCUT2D eigenvalue weighted by atomic mass is 32.2. The third kappa shape index (κ3) is 4.67. The molecule has 162 valence electrons. The van der Waals surface area contributed by atoms with Crippen LogP contribution in [-0.2, 0) is 14.8 Å². The van der Waals surface area contributed by atoms with Crippen LogP contribution in [0.15, 0.2) is 53.4 Å². The van der Waals surface area contributed by atoms with Crippen LogP contribution < -0.4 is 5.32 Å². The molecule has 31 heavy (non-hydrogen) atoms. The van der Waals surface area contributed by atoms with Crippen molar-refractivity contribution in [1.82, 2.24) is 19.5 Å². The summed E-state index contributed by atoms with van der Waals surface area (Å²) in [6.07, 6.45) is 0.966. The highest BCUT2D eigenvalue weighted by molar-refractivity contribution is 7.89. The first kappa shape index (κ1) is 21.2. The number of carbonyl (C=O) groups is 1. The number of aryl methyl sites for hydroxylation is 2. The summed E-state index contributed by atoms with van der Waals surface area (Å²) in [5, 5.41) is 9.90. The van der Waals surface area contributed by atoms with E-state index in [0.717, 1.165) is 17.0 Å². The lowest BCUT2D eigenvalue weighted by molar-refractivity contribution is -0.120. The Morgan fingerprint density at radius 3 is 2.45 bits per heavy atom. The van der Waals surface area contributed by atoms with Gasteiger partial charge in [0.05, 0.1) is 4.90 Å². The number of carbonyl (C=O) groups excluding carboxylic acids is 1. The number of piperidine rings is 1. The number of anilines is 1. The van der Waals surface area contributed by atoms with E-state index in [1.54, 1.807) is 24.3 Å². The Kier molecular flexibility index (Phi) is 5.88. The number of aromatic nitrogens is 3. The zero-order chi connectivity index (χ0) is 22.0. The summed E-state index contributed by atoms with van der Waals surface area (Å²) in [7, 11) is -3.54. The van der Waals surface area contributed by atoms with E-state index in [0.29, 0.717) is 42.3 Å². The second-order valence-electron chi connectivity index (χ2n) is 7.81. The van der Waals surface area contributed by atoms with Gasteiger partial charge in [0.1, 0.15) is 5.82 Å². The highest BCUT2D eigenvalue weighted by Crippen LogP contribution is 2.26. The maximum Gasteiger partial charge on any atom is 0.243 e. The van der Waals surface area contributed by atoms with Crippen molar-refractivity contribution in [3.63, 3.8) is 0 Å². The third-order valence-electron chi connectivity index (χ3n) is 5.47. The maximum absolute atomic E-state index is 12.9. The predicted molar refractivity (Wildman–Crippen MR) is 118 cm³/mol. The Morgan fingerprint density at radius 1 is 1.10 bits per heavy atom. The van der Waals surface area contributed by atoms with Crippen LogP contribution in [0.25, 0.3) is 11.4 Å². The summed E-state index contributed by atoms with van der Waals surface area (Å²) in [6.45, 7) is 4.39. The first-order valence-electron chi connectivity index (χ1n) is 10.2. The van der Waals surface area contributed by atoms with E-state index in [4.69, 9.17) is 0 Å². The quantitative estimate of drug-likeness (QED) is 0.635. The fourth-order valence-electron chi connectivity index (χ4n) is 3.67. The first-order valence-corrected chi connectivity index (χ1v) is 11.6. The molecule has 3 aromatic rings. The van der Waals surface area contributed by atoms with Gasteiger partial charge in [0.2, 0.25) is 15.9 Å². The van der Waals surface area contributed by atoms with Crippen LogP contribution in [0.2, 0.25) is 0 Å². The third-order valence-corrected chi connectivity index (χ3v) is 7.38. The molecule has 0 aliphatic carbocycles. The lowest BCUT2D eigenvalue weighted by atomic mass is 9.97. The van der Waals surface area contributed by atoms with Gasteiger partial charge < -0.3 is 5.32 Å². The van der Waals surface area contributed by atoms with Gasteiger partial charge >= 0.3 is 0 Å². The first-order chi connectivity index (χ1) is 14.8. The van der Waals surface area contributed by atoms with Crippen LogP contribution in [0, 0.1) is 19.8 Å². The second kappa shape index (κ2) is 8.60. The number of benzene rings is 2. The number of aromatic amines is 1. The van der Waals surface area contributed by atoms with Crippen molar-refractivity contribution >= 4 is 21.6 Å². The molecule has 1 saturated heterocycles. The van der Waals surface area contributed by atoms with Gasteiger partial charge in [-0.2, -0.15) is 9.40 Å². The molecule has 0 radical (unpaired) electrons. The fourth-order valence-corrected chi connectivity index (χ4v) is 5.14. The summed E-state index contributed by atoms with van der Waals surface area (Å²) >= 11 is 0. The van der Waals surface area contributed by atoms with Gasteiger partial charge in [0.15, 0.2) is 5.82 Å². The molecule has 4 rings (SSSR count). The second-order valence-corrected chi connectivity index (χ2v) is 9.74. The molecule has 0 spiro atoms. The zero-order valence-electron chi connectivity index (χ0n) is 17.5. The summed E-state index contributed by atoms with van der Waals surface area (Å²) in [6, 6.07) is 14.2. The molecule has 1 aliphatic rings. The van der Waals surface area contributed by atoms with Crippen molar-refractivity contribution in [3.8, 4) is 11.4 Å². The van der Waals surface area contributed by atoms with Crippen LogP contribution in [0.1, 0.15) is 24.2 Å². The van der Waals surface area contributed by atoms with Crippen molar-refractivity contribution in [1.29, 1.82) is 0 Å². The molecule has 1 fully saturated rings. The van der Waals surface area contributed by atoms with Gasteiger partial charge in [0, 0.05) is 30.3 Å². The van der Waals surface area contributed by atoms with Crippen molar-refractivity contribution in [2.45, 2.75) is 31.6 Å². The lowest BCUT2D eigenvalue weighted by Gasteiger charge is -2.30. The molecule has 0 unspecified atom stereocenters.